The first-order valence-electron chi connectivity index (χ1n) is 9.46. The van der Waals surface area contributed by atoms with Crippen molar-refractivity contribution in [3.8, 4) is 0 Å². The van der Waals surface area contributed by atoms with Crippen molar-refractivity contribution in [1.29, 1.82) is 0 Å². The minimum Gasteiger partial charge on any atom is -0.444 e. The van der Waals surface area contributed by atoms with Crippen LogP contribution in [0, 0.1) is 0 Å². The summed E-state index contributed by atoms with van der Waals surface area (Å²) in [5.74, 6) is -0.151. The minimum absolute atomic E-state index is 0.151. The Morgan fingerprint density at radius 2 is 1.73 bits per heavy atom. The molecule has 2 fully saturated rings. The first-order valence-corrected chi connectivity index (χ1v) is 9.46. The van der Waals surface area contributed by atoms with Crippen molar-refractivity contribution in [2.24, 2.45) is 0 Å². The molecule has 2 N–H and O–H groups in total. The molecule has 1 saturated carbocycles. The Kier molecular flexibility index (Phi) is 5.51. The molecule has 1 aromatic rings. The molecule has 0 unspecified atom stereocenters. The van der Waals surface area contributed by atoms with Crippen molar-refractivity contribution in [1.82, 2.24) is 10.2 Å². The van der Waals surface area contributed by atoms with Crippen LogP contribution in [0.15, 0.2) is 24.3 Å². The molecule has 142 valence electrons. The minimum atomic E-state index is -0.586. The Balaban J connectivity index is 1.58. The summed E-state index contributed by atoms with van der Waals surface area (Å²) in [4.78, 5) is 27.3. The first-order chi connectivity index (χ1) is 12.3. The third-order valence-corrected chi connectivity index (χ3v) is 4.74. The number of carbonyl (C=O) groups is 2. The maximum absolute atomic E-state index is 12.7. The molecule has 26 heavy (non-hydrogen) atoms. The molecule has 1 aliphatic heterocycles. The van der Waals surface area contributed by atoms with E-state index in [4.69, 9.17) is 4.74 Å². The van der Waals surface area contributed by atoms with Gasteiger partial charge >= 0.3 is 6.09 Å². The molecule has 0 aromatic heterocycles. The SMILES string of the molecule is CC(C)(C)OC(=O)Nc1ccccc1C(=O)NC1CCN(C2CC2)CC1. The summed E-state index contributed by atoms with van der Waals surface area (Å²) in [5.41, 5.74) is 0.342. The Labute approximate surface area is 155 Å². The second-order valence-electron chi connectivity index (χ2n) is 8.19. The zero-order valence-corrected chi connectivity index (χ0v) is 15.9. The number of rotatable bonds is 4. The summed E-state index contributed by atoms with van der Waals surface area (Å²) >= 11 is 0. The monoisotopic (exact) mass is 359 g/mol. The van der Waals surface area contributed by atoms with E-state index >= 15 is 0 Å². The molecule has 3 rings (SSSR count). The first kappa shape index (κ1) is 18.7. The predicted octanol–water partition coefficient (Wildman–Crippen LogP) is 3.39. The molecule has 6 nitrogen and oxygen atoms in total. The quantitative estimate of drug-likeness (QED) is 0.864. The number of para-hydroxylation sites is 1. The number of nitrogens with zero attached hydrogens (tertiary/aromatic N) is 1. The highest BCUT2D eigenvalue weighted by molar-refractivity contribution is 6.02. The van der Waals surface area contributed by atoms with Gasteiger partial charge in [0.1, 0.15) is 5.60 Å². The lowest BCUT2D eigenvalue weighted by molar-refractivity contribution is 0.0636. The van der Waals surface area contributed by atoms with E-state index in [1.807, 2.05) is 0 Å². The van der Waals surface area contributed by atoms with Gasteiger partial charge in [0, 0.05) is 25.2 Å². The predicted molar refractivity (Wildman–Crippen MR) is 101 cm³/mol. The summed E-state index contributed by atoms with van der Waals surface area (Å²) in [6, 6.07) is 8.00. The molecule has 0 radical (unpaired) electrons. The number of ether oxygens (including phenoxy) is 1. The molecule has 1 aliphatic carbocycles. The fraction of sp³-hybridized carbons (Fsp3) is 0.600. The van der Waals surface area contributed by atoms with Crippen LogP contribution < -0.4 is 10.6 Å². The van der Waals surface area contributed by atoms with Crippen molar-refractivity contribution in [3.63, 3.8) is 0 Å². The molecular formula is C20H29N3O3. The third kappa shape index (κ3) is 5.21. The molecule has 0 bridgehead atoms. The number of carbonyl (C=O) groups excluding carboxylic acids is 2. The highest BCUT2D eigenvalue weighted by Crippen LogP contribution is 2.29. The van der Waals surface area contributed by atoms with Crippen LogP contribution in [-0.2, 0) is 4.74 Å². The highest BCUT2D eigenvalue weighted by Gasteiger charge is 2.32. The molecule has 1 saturated heterocycles. The maximum atomic E-state index is 12.7. The summed E-state index contributed by atoms with van der Waals surface area (Å²) in [6.45, 7) is 7.51. The average Bonchev–Trinajstić information content (AvgIpc) is 3.39. The number of benzene rings is 1. The Bertz CT molecular complexity index is 657. The van der Waals surface area contributed by atoms with E-state index in [9.17, 15) is 9.59 Å². The molecule has 1 aromatic carbocycles. The summed E-state index contributed by atoms with van der Waals surface area (Å²) < 4.78 is 5.28. The number of amides is 2. The van der Waals surface area contributed by atoms with Crippen molar-refractivity contribution >= 4 is 17.7 Å². The van der Waals surface area contributed by atoms with Crippen molar-refractivity contribution in [2.45, 2.75) is 64.1 Å². The van der Waals surface area contributed by atoms with Crippen LogP contribution in [0.2, 0.25) is 0 Å². The number of nitrogens with one attached hydrogen (secondary N) is 2. The van der Waals surface area contributed by atoms with E-state index in [2.05, 4.69) is 15.5 Å². The lowest BCUT2D eigenvalue weighted by Gasteiger charge is -2.32. The maximum Gasteiger partial charge on any atom is 0.412 e. The highest BCUT2D eigenvalue weighted by atomic mass is 16.6. The van der Waals surface area contributed by atoms with E-state index in [-0.39, 0.29) is 11.9 Å². The molecule has 0 atom stereocenters. The van der Waals surface area contributed by atoms with Gasteiger partial charge in [-0.2, -0.15) is 0 Å². The van der Waals surface area contributed by atoms with Gasteiger partial charge in [-0.05, 0) is 58.6 Å². The molecule has 0 spiro atoms. The Hall–Kier alpha value is -2.08. The summed E-state index contributed by atoms with van der Waals surface area (Å²) in [5, 5.41) is 5.80. The van der Waals surface area contributed by atoms with E-state index in [0.29, 0.717) is 11.3 Å². The van der Waals surface area contributed by atoms with Crippen molar-refractivity contribution in [2.75, 3.05) is 18.4 Å². The molecule has 2 aliphatic rings. The number of anilines is 1. The van der Waals surface area contributed by atoms with Gasteiger partial charge in [0.2, 0.25) is 0 Å². The van der Waals surface area contributed by atoms with Gasteiger partial charge in [-0.1, -0.05) is 12.1 Å². The van der Waals surface area contributed by atoms with Crippen LogP contribution in [0.25, 0.3) is 0 Å². The van der Waals surface area contributed by atoms with Gasteiger partial charge in [-0.25, -0.2) is 4.79 Å². The van der Waals surface area contributed by atoms with Crippen LogP contribution in [0.5, 0.6) is 0 Å². The van der Waals surface area contributed by atoms with Gasteiger partial charge in [0.05, 0.1) is 11.3 Å². The average molecular weight is 359 g/mol. The van der Waals surface area contributed by atoms with E-state index in [0.717, 1.165) is 32.0 Å². The smallest absolute Gasteiger partial charge is 0.412 e. The van der Waals surface area contributed by atoms with Crippen LogP contribution >= 0.6 is 0 Å². The van der Waals surface area contributed by atoms with Crippen LogP contribution in [0.1, 0.15) is 56.8 Å². The summed E-state index contributed by atoms with van der Waals surface area (Å²) in [6.07, 6.45) is 4.03. The van der Waals surface area contributed by atoms with Crippen LogP contribution in [-0.4, -0.2) is 47.7 Å². The lowest BCUT2D eigenvalue weighted by Crippen LogP contribution is -2.45. The second-order valence-corrected chi connectivity index (χ2v) is 8.19. The fourth-order valence-corrected chi connectivity index (χ4v) is 3.32. The zero-order chi connectivity index (χ0) is 18.7. The lowest BCUT2D eigenvalue weighted by atomic mass is 10.0. The van der Waals surface area contributed by atoms with E-state index in [1.165, 1.54) is 12.8 Å². The normalized spacial score (nSPS) is 19.0. The second kappa shape index (κ2) is 7.66. The van der Waals surface area contributed by atoms with Gasteiger partial charge in [-0.15, -0.1) is 0 Å². The largest absolute Gasteiger partial charge is 0.444 e. The molecule has 2 amide bonds. The zero-order valence-electron chi connectivity index (χ0n) is 15.9. The molecule has 1 heterocycles. The standard InChI is InChI=1S/C20H29N3O3/c1-20(2,3)26-19(25)22-17-7-5-4-6-16(17)18(24)21-14-10-12-23(13-11-14)15-8-9-15/h4-7,14-15H,8-13H2,1-3H3,(H,21,24)(H,22,25). The van der Waals surface area contributed by atoms with E-state index in [1.54, 1.807) is 45.0 Å². The Morgan fingerprint density at radius 3 is 2.35 bits per heavy atom. The van der Waals surface area contributed by atoms with Gasteiger partial charge in [0.15, 0.2) is 0 Å². The Morgan fingerprint density at radius 1 is 1.08 bits per heavy atom. The number of likely N-dealkylation sites (tertiary alicyclic amines) is 1. The van der Waals surface area contributed by atoms with Gasteiger partial charge < -0.3 is 15.0 Å². The molecular weight excluding hydrogens is 330 g/mol. The number of piperidine rings is 1. The topological polar surface area (TPSA) is 70.7 Å². The molecule has 6 heteroatoms. The number of hydrogen-bond acceptors (Lipinski definition) is 4. The van der Waals surface area contributed by atoms with Crippen LogP contribution in [0.4, 0.5) is 10.5 Å². The van der Waals surface area contributed by atoms with Gasteiger partial charge in [0.25, 0.3) is 5.91 Å². The fourth-order valence-electron chi connectivity index (χ4n) is 3.32. The third-order valence-electron chi connectivity index (χ3n) is 4.74. The van der Waals surface area contributed by atoms with Crippen LogP contribution in [0.3, 0.4) is 0 Å². The van der Waals surface area contributed by atoms with E-state index < -0.39 is 11.7 Å². The van der Waals surface area contributed by atoms with Gasteiger partial charge in [-0.3, -0.25) is 10.1 Å². The number of hydrogen-bond donors (Lipinski definition) is 2. The van der Waals surface area contributed by atoms with Crippen molar-refractivity contribution < 1.29 is 14.3 Å². The van der Waals surface area contributed by atoms with Crippen molar-refractivity contribution in [3.05, 3.63) is 29.8 Å². The summed E-state index contributed by atoms with van der Waals surface area (Å²) in [7, 11) is 0.